The fourth-order valence-corrected chi connectivity index (χ4v) is 4.16. The molecular weight excluding hydrogens is 356 g/mol. The van der Waals surface area contributed by atoms with Crippen LogP contribution in [0.5, 0.6) is 0 Å². The zero-order valence-corrected chi connectivity index (χ0v) is 15.8. The summed E-state index contributed by atoms with van der Waals surface area (Å²) >= 11 is 0. The monoisotopic (exact) mass is 380 g/mol. The summed E-state index contributed by atoms with van der Waals surface area (Å²) in [4.78, 5) is 30.6. The maximum Gasteiger partial charge on any atom is 0.251 e. The van der Waals surface area contributed by atoms with Gasteiger partial charge in [-0.3, -0.25) is 9.78 Å². The molecule has 28 heavy (non-hydrogen) atoms. The third-order valence-corrected chi connectivity index (χ3v) is 5.70. The van der Waals surface area contributed by atoms with Crippen molar-refractivity contribution in [1.29, 1.82) is 0 Å². The number of aromatic nitrogens is 3. The van der Waals surface area contributed by atoms with Gasteiger partial charge in [-0.25, -0.2) is 9.97 Å². The summed E-state index contributed by atoms with van der Waals surface area (Å²) in [6, 6.07) is 3.87. The van der Waals surface area contributed by atoms with Gasteiger partial charge in [-0.2, -0.15) is 0 Å². The van der Waals surface area contributed by atoms with Crippen LogP contribution in [-0.2, 0) is 22.6 Å². The molecule has 1 N–H and O–H groups in total. The topological polar surface area (TPSA) is 83.5 Å². The maximum atomic E-state index is 12.6. The average Bonchev–Trinajstić information content (AvgIpc) is 3.45. The number of hydrogen-bond donors (Lipinski definition) is 1. The number of carbonyl (C=O) groups is 1. The van der Waals surface area contributed by atoms with Crippen molar-refractivity contribution < 1.29 is 9.53 Å². The van der Waals surface area contributed by atoms with E-state index in [-0.39, 0.29) is 12.0 Å². The van der Waals surface area contributed by atoms with Crippen LogP contribution in [0.1, 0.15) is 24.1 Å². The van der Waals surface area contributed by atoms with Crippen LogP contribution in [-0.4, -0.2) is 64.6 Å². The molecule has 0 unspecified atom stereocenters. The van der Waals surface area contributed by atoms with Gasteiger partial charge in [0.2, 0.25) is 0 Å². The van der Waals surface area contributed by atoms with Gasteiger partial charge < -0.3 is 19.9 Å². The number of nitrogens with zero attached hydrogens (tertiary/aromatic N) is 5. The van der Waals surface area contributed by atoms with E-state index in [2.05, 4.69) is 15.2 Å². The number of ether oxygens (including phenoxy) is 1. The molecule has 1 atom stereocenters. The molecule has 0 aromatic carbocycles. The predicted octanol–water partition coefficient (Wildman–Crippen LogP) is 0.969. The van der Waals surface area contributed by atoms with Gasteiger partial charge in [-0.05, 0) is 25.0 Å². The number of hydrogen-bond acceptors (Lipinski definition) is 7. The van der Waals surface area contributed by atoms with E-state index >= 15 is 0 Å². The van der Waals surface area contributed by atoms with Crippen LogP contribution in [0.2, 0.25) is 0 Å². The van der Waals surface area contributed by atoms with Crippen molar-refractivity contribution in [3.05, 3.63) is 35.8 Å². The molecular formula is C20H24N6O2. The summed E-state index contributed by atoms with van der Waals surface area (Å²) in [6.07, 6.45) is 5.11. The van der Waals surface area contributed by atoms with E-state index in [9.17, 15) is 4.79 Å². The Hall–Kier alpha value is -2.58. The van der Waals surface area contributed by atoms with Gasteiger partial charge in [-0.1, -0.05) is 0 Å². The lowest BCUT2D eigenvalue weighted by Gasteiger charge is -2.37. The zero-order valence-electron chi connectivity index (χ0n) is 15.8. The second kappa shape index (κ2) is 7.44. The molecule has 146 valence electrons. The maximum absolute atomic E-state index is 12.6. The minimum Gasteiger partial charge on any atom is -0.368 e. The molecule has 0 bridgehead atoms. The second-order valence-electron chi connectivity index (χ2n) is 7.45. The van der Waals surface area contributed by atoms with E-state index in [4.69, 9.17) is 14.7 Å². The molecule has 0 spiro atoms. The first-order chi connectivity index (χ1) is 13.8. The molecule has 3 aliphatic rings. The Balaban J connectivity index is 1.36. The zero-order chi connectivity index (χ0) is 18.9. The van der Waals surface area contributed by atoms with Crippen LogP contribution in [0, 0.1) is 0 Å². The molecule has 0 radical (unpaired) electrons. The number of pyridine rings is 1. The molecule has 2 fully saturated rings. The molecule has 8 nitrogen and oxygen atoms in total. The highest BCUT2D eigenvalue weighted by Gasteiger charge is 2.32. The van der Waals surface area contributed by atoms with Gasteiger partial charge in [0.15, 0.2) is 5.82 Å². The largest absolute Gasteiger partial charge is 0.368 e. The van der Waals surface area contributed by atoms with Gasteiger partial charge in [0, 0.05) is 69.4 Å². The summed E-state index contributed by atoms with van der Waals surface area (Å²) < 4.78 is 5.57. The van der Waals surface area contributed by atoms with Crippen LogP contribution in [0.4, 0.5) is 5.82 Å². The van der Waals surface area contributed by atoms with Crippen molar-refractivity contribution >= 4 is 11.7 Å². The van der Waals surface area contributed by atoms with E-state index in [1.54, 1.807) is 12.4 Å². The van der Waals surface area contributed by atoms with E-state index in [0.717, 1.165) is 61.9 Å². The minimum absolute atomic E-state index is 0.143. The number of nitrogens with one attached hydrogen (secondary N) is 1. The summed E-state index contributed by atoms with van der Waals surface area (Å²) in [5.74, 6) is 1.87. The molecule has 2 aromatic heterocycles. The van der Waals surface area contributed by atoms with Gasteiger partial charge in [0.05, 0.1) is 5.69 Å². The third kappa shape index (κ3) is 3.22. The molecule has 2 aromatic rings. The Kier molecular flexibility index (Phi) is 4.66. The fourth-order valence-electron chi connectivity index (χ4n) is 4.16. The number of fused-ring (bicyclic) bond motifs is 1. The highest BCUT2D eigenvalue weighted by atomic mass is 16.5. The number of carbonyl (C=O) groups excluding carboxylic acids is 1. The van der Waals surface area contributed by atoms with Gasteiger partial charge in [0.1, 0.15) is 11.9 Å². The van der Waals surface area contributed by atoms with Crippen LogP contribution < -0.4 is 10.2 Å². The van der Waals surface area contributed by atoms with E-state index in [1.165, 1.54) is 5.56 Å². The van der Waals surface area contributed by atoms with E-state index in [1.807, 2.05) is 17.0 Å². The summed E-state index contributed by atoms with van der Waals surface area (Å²) in [7, 11) is 0. The Bertz CT molecular complexity index is 860. The molecule has 0 saturated carbocycles. The normalized spacial score (nSPS) is 21.8. The minimum atomic E-state index is -0.239. The van der Waals surface area contributed by atoms with Gasteiger partial charge in [-0.15, -0.1) is 0 Å². The summed E-state index contributed by atoms with van der Waals surface area (Å²) in [5, 5.41) is 3.39. The number of anilines is 1. The summed E-state index contributed by atoms with van der Waals surface area (Å²) in [6.45, 7) is 5.21. The van der Waals surface area contributed by atoms with Crippen molar-refractivity contribution in [2.45, 2.75) is 32.0 Å². The fraction of sp³-hybridized carbons (Fsp3) is 0.500. The van der Waals surface area contributed by atoms with Gasteiger partial charge >= 0.3 is 0 Å². The van der Waals surface area contributed by atoms with Gasteiger partial charge in [0.25, 0.3) is 5.91 Å². The highest BCUT2D eigenvalue weighted by Crippen LogP contribution is 2.29. The third-order valence-electron chi connectivity index (χ3n) is 5.70. The van der Waals surface area contributed by atoms with E-state index < -0.39 is 0 Å². The molecule has 1 amide bonds. The molecule has 3 aliphatic heterocycles. The lowest BCUT2D eigenvalue weighted by molar-refractivity contribution is -0.141. The number of piperazine rings is 1. The van der Waals surface area contributed by atoms with Crippen molar-refractivity contribution in [2.75, 3.05) is 37.7 Å². The lowest BCUT2D eigenvalue weighted by atomic mass is 10.1. The molecule has 5 rings (SSSR count). The van der Waals surface area contributed by atoms with E-state index in [0.29, 0.717) is 19.7 Å². The standard InChI is InChI=1S/C20H24N6O2/c27-20(17-2-1-11-28-17)26-9-7-25(8-10-26)19-15-12-22-13-16(15)23-18(24-19)14-3-5-21-6-4-14/h3-6,17,22H,1-2,7-13H2/t17-/m0/s1. The van der Waals surface area contributed by atoms with Crippen molar-refractivity contribution in [3.8, 4) is 11.4 Å². The van der Waals surface area contributed by atoms with Crippen molar-refractivity contribution in [2.24, 2.45) is 0 Å². The molecule has 0 aliphatic carbocycles. The first kappa shape index (κ1) is 17.5. The quantitative estimate of drug-likeness (QED) is 0.849. The first-order valence-electron chi connectivity index (χ1n) is 9.96. The second-order valence-corrected chi connectivity index (χ2v) is 7.45. The van der Waals surface area contributed by atoms with Crippen molar-refractivity contribution in [3.63, 3.8) is 0 Å². The SMILES string of the molecule is O=C([C@@H]1CCCO1)N1CCN(c2nc(-c3ccncc3)nc3c2CNC3)CC1. The van der Waals surface area contributed by atoms with Crippen LogP contribution in [0.3, 0.4) is 0 Å². The Labute approximate surface area is 163 Å². The molecule has 5 heterocycles. The van der Waals surface area contributed by atoms with Crippen LogP contribution in [0.25, 0.3) is 11.4 Å². The number of amides is 1. The smallest absolute Gasteiger partial charge is 0.251 e. The number of rotatable bonds is 3. The Morgan fingerprint density at radius 3 is 2.68 bits per heavy atom. The highest BCUT2D eigenvalue weighted by molar-refractivity contribution is 5.81. The summed E-state index contributed by atoms with van der Waals surface area (Å²) in [5.41, 5.74) is 3.21. The predicted molar refractivity (Wildman–Crippen MR) is 104 cm³/mol. The molecule has 2 saturated heterocycles. The molecule has 8 heteroatoms. The Morgan fingerprint density at radius 1 is 1.11 bits per heavy atom. The lowest BCUT2D eigenvalue weighted by Crippen LogP contribution is -2.51. The van der Waals surface area contributed by atoms with Crippen molar-refractivity contribution in [1.82, 2.24) is 25.2 Å². The Morgan fingerprint density at radius 2 is 1.93 bits per heavy atom. The first-order valence-corrected chi connectivity index (χ1v) is 9.96. The average molecular weight is 380 g/mol. The van der Waals surface area contributed by atoms with Crippen LogP contribution >= 0.6 is 0 Å². The van der Waals surface area contributed by atoms with Crippen LogP contribution in [0.15, 0.2) is 24.5 Å².